The van der Waals surface area contributed by atoms with Crippen LogP contribution in [0.3, 0.4) is 0 Å². The highest BCUT2D eigenvalue weighted by molar-refractivity contribution is 4.85. The normalized spacial score (nSPS) is 38.8. The van der Waals surface area contributed by atoms with Crippen molar-refractivity contribution in [3.05, 3.63) is 0 Å². The molecule has 2 rings (SSSR count). The second kappa shape index (κ2) is 3.73. The fraction of sp³-hybridized carbons (Fsp3) is 1.00. The third-order valence-electron chi connectivity index (χ3n) is 3.05. The van der Waals surface area contributed by atoms with Crippen LogP contribution in [0.5, 0.6) is 0 Å². The highest BCUT2D eigenvalue weighted by Gasteiger charge is 2.29. The van der Waals surface area contributed by atoms with Gasteiger partial charge < -0.3 is 15.0 Å². The van der Waals surface area contributed by atoms with E-state index in [1.807, 2.05) is 0 Å². The summed E-state index contributed by atoms with van der Waals surface area (Å²) in [6, 6.07) is 0.758. The molecule has 2 aliphatic rings. The largest absolute Gasteiger partial charge is 0.380 e. The summed E-state index contributed by atoms with van der Waals surface area (Å²) in [6.07, 6.45) is 1.28. The Labute approximate surface area is 74.1 Å². The molecule has 0 aliphatic carbocycles. The monoisotopic (exact) mass is 170 g/mol. The average molecular weight is 170 g/mol. The molecule has 0 aromatic rings. The maximum Gasteiger partial charge on any atom is 0.0593 e. The average Bonchev–Trinajstić information content (AvgIpc) is 2.29. The third kappa shape index (κ3) is 1.63. The van der Waals surface area contributed by atoms with Gasteiger partial charge in [0.15, 0.2) is 0 Å². The van der Waals surface area contributed by atoms with Crippen molar-refractivity contribution < 1.29 is 4.74 Å². The van der Waals surface area contributed by atoms with E-state index in [0.29, 0.717) is 5.92 Å². The quantitative estimate of drug-likeness (QED) is 0.550. The van der Waals surface area contributed by atoms with Gasteiger partial charge in [0.05, 0.1) is 13.2 Å². The first-order valence-corrected chi connectivity index (χ1v) is 4.86. The summed E-state index contributed by atoms with van der Waals surface area (Å²) in [5, 5.41) is 3.43. The van der Waals surface area contributed by atoms with E-state index >= 15 is 0 Å². The zero-order valence-corrected chi connectivity index (χ0v) is 7.75. The van der Waals surface area contributed by atoms with Crippen LogP contribution in [0, 0.1) is 5.92 Å². The molecule has 0 aromatic carbocycles. The van der Waals surface area contributed by atoms with Crippen LogP contribution >= 0.6 is 0 Å². The number of piperidine rings is 1. The van der Waals surface area contributed by atoms with Crippen LogP contribution in [0.15, 0.2) is 0 Å². The number of rotatable bonds is 0. The molecule has 0 radical (unpaired) electrons. The highest BCUT2D eigenvalue weighted by atomic mass is 16.5. The van der Waals surface area contributed by atoms with Gasteiger partial charge in [0.1, 0.15) is 0 Å². The molecule has 1 N–H and O–H groups in total. The lowest BCUT2D eigenvalue weighted by Gasteiger charge is -2.35. The van der Waals surface area contributed by atoms with Crippen molar-refractivity contribution in [2.24, 2.45) is 5.92 Å². The zero-order valence-electron chi connectivity index (χ0n) is 7.75. The molecule has 0 aromatic heterocycles. The van der Waals surface area contributed by atoms with Crippen molar-refractivity contribution in [1.29, 1.82) is 0 Å². The van der Waals surface area contributed by atoms with Gasteiger partial charge >= 0.3 is 0 Å². The van der Waals surface area contributed by atoms with E-state index in [0.717, 1.165) is 32.3 Å². The van der Waals surface area contributed by atoms with Crippen molar-refractivity contribution in [3.63, 3.8) is 0 Å². The van der Waals surface area contributed by atoms with Gasteiger partial charge in [-0.05, 0) is 20.0 Å². The number of nitrogens with zero attached hydrogens (tertiary/aromatic N) is 1. The summed E-state index contributed by atoms with van der Waals surface area (Å²) >= 11 is 0. The van der Waals surface area contributed by atoms with Crippen molar-refractivity contribution in [2.45, 2.75) is 12.5 Å². The molecule has 2 atom stereocenters. The SMILES string of the molecule is CN1CCOC[C@@H]2CNCC[C@@H]21. The van der Waals surface area contributed by atoms with Gasteiger partial charge in [0.25, 0.3) is 0 Å². The van der Waals surface area contributed by atoms with E-state index in [-0.39, 0.29) is 0 Å². The summed E-state index contributed by atoms with van der Waals surface area (Å²) in [4.78, 5) is 2.46. The molecule has 0 spiro atoms. The van der Waals surface area contributed by atoms with E-state index in [1.54, 1.807) is 0 Å². The van der Waals surface area contributed by atoms with Crippen LogP contribution < -0.4 is 5.32 Å². The van der Waals surface area contributed by atoms with Crippen molar-refractivity contribution >= 4 is 0 Å². The van der Waals surface area contributed by atoms with E-state index in [1.165, 1.54) is 13.0 Å². The molecule has 0 amide bonds. The number of likely N-dealkylation sites (N-methyl/N-ethyl adjacent to an activating group) is 1. The van der Waals surface area contributed by atoms with Crippen molar-refractivity contribution in [3.8, 4) is 0 Å². The number of nitrogens with one attached hydrogen (secondary N) is 1. The molecular formula is C9H18N2O. The summed E-state index contributed by atoms with van der Waals surface area (Å²) in [7, 11) is 2.22. The van der Waals surface area contributed by atoms with E-state index in [4.69, 9.17) is 4.74 Å². The summed E-state index contributed by atoms with van der Waals surface area (Å²) < 4.78 is 5.55. The highest BCUT2D eigenvalue weighted by Crippen LogP contribution is 2.19. The lowest BCUT2D eigenvalue weighted by atomic mass is 9.93. The van der Waals surface area contributed by atoms with E-state index < -0.39 is 0 Å². The Morgan fingerprint density at radius 3 is 3.33 bits per heavy atom. The summed E-state index contributed by atoms with van der Waals surface area (Å²) in [6.45, 7) is 5.26. The van der Waals surface area contributed by atoms with Gasteiger partial charge in [-0.15, -0.1) is 0 Å². The third-order valence-corrected chi connectivity index (χ3v) is 3.05. The van der Waals surface area contributed by atoms with Crippen LogP contribution in [-0.2, 0) is 4.74 Å². The Kier molecular flexibility index (Phi) is 2.63. The smallest absolute Gasteiger partial charge is 0.0593 e. The van der Waals surface area contributed by atoms with Crippen LogP contribution in [0.25, 0.3) is 0 Å². The van der Waals surface area contributed by atoms with Crippen LogP contribution in [0.2, 0.25) is 0 Å². The fourth-order valence-electron chi connectivity index (χ4n) is 2.27. The van der Waals surface area contributed by atoms with Crippen molar-refractivity contribution in [1.82, 2.24) is 10.2 Å². The van der Waals surface area contributed by atoms with Crippen LogP contribution in [-0.4, -0.2) is 50.8 Å². The topological polar surface area (TPSA) is 24.5 Å². The Morgan fingerprint density at radius 2 is 2.42 bits per heavy atom. The first kappa shape index (κ1) is 8.48. The number of hydrogen-bond donors (Lipinski definition) is 1. The number of fused-ring (bicyclic) bond motifs is 1. The molecule has 2 aliphatic heterocycles. The molecule has 12 heavy (non-hydrogen) atoms. The second-order valence-corrected chi connectivity index (χ2v) is 3.88. The zero-order chi connectivity index (χ0) is 8.39. The lowest BCUT2D eigenvalue weighted by Crippen LogP contribution is -2.48. The summed E-state index contributed by atoms with van der Waals surface area (Å²) in [5.74, 6) is 0.714. The minimum Gasteiger partial charge on any atom is -0.380 e. The molecule has 0 bridgehead atoms. The molecule has 70 valence electrons. The van der Waals surface area contributed by atoms with Crippen molar-refractivity contribution in [2.75, 3.05) is 39.9 Å². The van der Waals surface area contributed by atoms with E-state index in [2.05, 4.69) is 17.3 Å². The predicted octanol–water partition coefficient (Wildman–Crippen LogP) is -0.0735. The molecular weight excluding hydrogens is 152 g/mol. The van der Waals surface area contributed by atoms with Crippen LogP contribution in [0.4, 0.5) is 0 Å². The van der Waals surface area contributed by atoms with Gasteiger partial charge in [-0.3, -0.25) is 0 Å². The minimum atomic E-state index is 0.714. The number of ether oxygens (including phenoxy) is 1. The van der Waals surface area contributed by atoms with Gasteiger partial charge in [0, 0.05) is 25.0 Å². The molecule has 0 saturated carbocycles. The van der Waals surface area contributed by atoms with Gasteiger partial charge in [0.2, 0.25) is 0 Å². The Balaban J connectivity index is 2.01. The predicted molar refractivity (Wildman–Crippen MR) is 48.2 cm³/mol. The first-order valence-electron chi connectivity index (χ1n) is 4.86. The minimum absolute atomic E-state index is 0.714. The van der Waals surface area contributed by atoms with Gasteiger partial charge in [-0.1, -0.05) is 0 Å². The van der Waals surface area contributed by atoms with Gasteiger partial charge in [-0.25, -0.2) is 0 Å². The molecule has 2 heterocycles. The Hall–Kier alpha value is -0.120. The fourth-order valence-corrected chi connectivity index (χ4v) is 2.27. The molecule has 3 nitrogen and oxygen atoms in total. The van der Waals surface area contributed by atoms with Crippen LogP contribution in [0.1, 0.15) is 6.42 Å². The second-order valence-electron chi connectivity index (χ2n) is 3.88. The van der Waals surface area contributed by atoms with Gasteiger partial charge in [-0.2, -0.15) is 0 Å². The first-order chi connectivity index (χ1) is 5.88. The standard InChI is InChI=1S/C9H18N2O/c1-11-4-5-12-7-8-6-10-3-2-9(8)11/h8-10H,2-7H2,1H3/t8-,9-/m0/s1. The number of hydrogen-bond acceptors (Lipinski definition) is 3. The maximum atomic E-state index is 5.55. The van der Waals surface area contributed by atoms with E-state index in [9.17, 15) is 0 Å². The molecule has 2 saturated heterocycles. The molecule has 2 fully saturated rings. The Bertz CT molecular complexity index is 151. The summed E-state index contributed by atoms with van der Waals surface area (Å²) in [5.41, 5.74) is 0. The lowest BCUT2D eigenvalue weighted by molar-refractivity contribution is 0.106. The molecule has 3 heteroatoms. The maximum absolute atomic E-state index is 5.55. The molecule has 0 unspecified atom stereocenters. The Morgan fingerprint density at radius 1 is 1.50 bits per heavy atom.